The first-order chi connectivity index (χ1) is 16.0. The van der Waals surface area contributed by atoms with E-state index in [1.807, 2.05) is 31.2 Å². The maximum absolute atomic E-state index is 13.0. The summed E-state index contributed by atoms with van der Waals surface area (Å²) in [4.78, 5) is 40.1. The molecule has 174 valence electrons. The maximum atomic E-state index is 13.0. The molecule has 2 fully saturated rings. The number of ether oxygens (including phenoxy) is 1. The first kappa shape index (κ1) is 22.8. The molecule has 2 aromatic carbocycles. The van der Waals surface area contributed by atoms with Crippen LogP contribution in [0.2, 0.25) is 0 Å². The van der Waals surface area contributed by atoms with Crippen molar-refractivity contribution in [2.45, 2.75) is 51.5 Å². The van der Waals surface area contributed by atoms with Crippen molar-refractivity contribution in [1.82, 2.24) is 5.32 Å². The summed E-state index contributed by atoms with van der Waals surface area (Å²) in [5.74, 6) is -0.266. The van der Waals surface area contributed by atoms with Crippen LogP contribution in [0.15, 0.2) is 48.5 Å². The van der Waals surface area contributed by atoms with Crippen molar-refractivity contribution in [3.63, 3.8) is 0 Å². The fraction of sp³-hybridized carbons (Fsp3) is 0.423. The third-order valence-corrected chi connectivity index (χ3v) is 6.33. The van der Waals surface area contributed by atoms with E-state index >= 15 is 0 Å². The number of rotatable bonds is 7. The third kappa shape index (κ3) is 5.53. The van der Waals surface area contributed by atoms with Gasteiger partial charge in [-0.3, -0.25) is 14.4 Å². The summed E-state index contributed by atoms with van der Waals surface area (Å²) in [6, 6.07) is 14.5. The summed E-state index contributed by atoms with van der Waals surface area (Å²) >= 11 is 0. The number of amides is 3. The Kier molecular flexibility index (Phi) is 7.27. The van der Waals surface area contributed by atoms with Gasteiger partial charge >= 0.3 is 0 Å². The number of nitrogens with zero attached hydrogens (tertiary/aromatic N) is 1. The van der Waals surface area contributed by atoms with Gasteiger partial charge in [0.2, 0.25) is 11.8 Å². The van der Waals surface area contributed by atoms with Crippen molar-refractivity contribution < 1.29 is 19.1 Å². The lowest BCUT2D eigenvalue weighted by Crippen LogP contribution is -2.36. The molecule has 0 unspecified atom stereocenters. The average Bonchev–Trinajstić information content (AvgIpc) is 3.22. The van der Waals surface area contributed by atoms with E-state index in [1.54, 1.807) is 29.2 Å². The number of hydrogen-bond donors (Lipinski definition) is 2. The SMILES string of the molecule is CCOc1ccc(N2C[C@H](C(=O)Nc3ccccc3C(=O)NC3CCCCC3)CC2=O)cc1. The number of carbonyl (C=O) groups excluding carboxylic acids is 3. The molecular formula is C26H31N3O4. The second-order valence-electron chi connectivity index (χ2n) is 8.68. The molecule has 33 heavy (non-hydrogen) atoms. The van der Waals surface area contributed by atoms with Crippen molar-refractivity contribution in [2.24, 2.45) is 5.92 Å². The van der Waals surface area contributed by atoms with Gasteiger partial charge in [-0.25, -0.2) is 0 Å². The van der Waals surface area contributed by atoms with Crippen molar-refractivity contribution >= 4 is 29.1 Å². The smallest absolute Gasteiger partial charge is 0.253 e. The van der Waals surface area contributed by atoms with Crippen LogP contribution in [0, 0.1) is 5.92 Å². The first-order valence-corrected chi connectivity index (χ1v) is 11.8. The van der Waals surface area contributed by atoms with Gasteiger partial charge in [-0.2, -0.15) is 0 Å². The van der Waals surface area contributed by atoms with Crippen LogP contribution in [0.3, 0.4) is 0 Å². The summed E-state index contributed by atoms with van der Waals surface area (Å²) in [5, 5.41) is 6.00. The second-order valence-corrected chi connectivity index (χ2v) is 8.68. The predicted molar refractivity (Wildman–Crippen MR) is 127 cm³/mol. The molecule has 1 atom stereocenters. The molecule has 1 saturated carbocycles. The van der Waals surface area contributed by atoms with Gasteiger partial charge < -0.3 is 20.3 Å². The van der Waals surface area contributed by atoms with E-state index in [9.17, 15) is 14.4 Å². The van der Waals surface area contributed by atoms with Gasteiger partial charge in [-0.1, -0.05) is 31.4 Å². The highest BCUT2D eigenvalue weighted by Gasteiger charge is 2.35. The maximum Gasteiger partial charge on any atom is 0.253 e. The summed E-state index contributed by atoms with van der Waals surface area (Å²) in [6.07, 6.45) is 5.59. The summed E-state index contributed by atoms with van der Waals surface area (Å²) in [7, 11) is 0. The third-order valence-electron chi connectivity index (χ3n) is 6.33. The standard InChI is InChI=1S/C26H31N3O4/c1-2-33-21-14-12-20(13-15-21)29-17-18(16-24(29)30)25(31)28-23-11-7-6-10-22(23)26(32)27-19-8-4-3-5-9-19/h6-7,10-15,18-19H,2-5,8-9,16-17H2,1H3,(H,27,32)(H,28,31)/t18-/m1/s1. The van der Waals surface area contributed by atoms with Gasteiger partial charge in [0, 0.05) is 24.7 Å². The molecule has 3 amide bonds. The summed E-state index contributed by atoms with van der Waals surface area (Å²) in [6.45, 7) is 2.79. The van der Waals surface area contributed by atoms with E-state index in [0.717, 1.165) is 37.1 Å². The molecule has 2 aliphatic rings. The Hall–Kier alpha value is -3.35. The zero-order valence-electron chi connectivity index (χ0n) is 19.0. The number of anilines is 2. The predicted octanol–water partition coefficient (Wildman–Crippen LogP) is 4.14. The van der Waals surface area contributed by atoms with E-state index in [1.165, 1.54) is 6.42 Å². The Labute approximate surface area is 194 Å². The lowest BCUT2D eigenvalue weighted by Gasteiger charge is -2.23. The van der Waals surface area contributed by atoms with Crippen LogP contribution in [-0.4, -0.2) is 36.9 Å². The Morgan fingerprint density at radius 2 is 1.76 bits per heavy atom. The fourth-order valence-electron chi connectivity index (χ4n) is 4.56. The van der Waals surface area contributed by atoms with Gasteiger partial charge in [-0.05, 0) is 56.2 Å². The molecule has 1 aliphatic heterocycles. The molecule has 0 spiro atoms. The lowest BCUT2D eigenvalue weighted by molar-refractivity contribution is -0.122. The largest absolute Gasteiger partial charge is 0.494 e. The number of hydrogen-bond acceptors (Lipinski definition) is 4. The van der Waals surface area contributed by atoms with Crippen molar-refractivity contribution in [3.8, 4) is 5.75 Å². The number of para-hydroxylation sites is 1. The molecule has 7 heteroatoms. The van der Waals surface area contributed by atoms with Crippen LogP contribution in [-0.2, 0) is 9.59 Å². The second kappa shape index (κ2) is 10.5. The van der Waals surface area contributed by atoms with Gasteiger partial charge in [-0.15, -0.1) is 0 Å². The van der Waals surface area contributed by atoms with Gasteiger partial charge in [0.05, 0.1) is 23.8 Å². The van der Waals surface area contributed by atoms with Crippen LogP contribution >= 0.6 is 0 Å². The van der Waals surface area contributed by atoms with E-state index in [0.29, 0.717) is 24.4 Å². The van der Waals surface area contributed by atoms with Crippen molar-refractivity contribution in [2.75, 3.05) is 23.4 Å². The quantitative estimate of drug-likeness (QED) is 0.665. The van der Waals surface area contributed by atoms with E-state index in [-0.39, 0.29) is 30.2 Å². The molecule has 1 saturated heterocycles. The van der Waals surface area contributed by atoms with E-state index in [2.05, 4.69) is 10.6 Å². The number of nitrogens with one attached hydrogen (secondary N) is 2. The average molecular weight is 450 g/mol. The highest BCUT2D eigenvalue weighted by atomic mass is 16.5. The molecule has 1 aliphatic carbocycles. The van der Waals surface area contributed by atoms with Crippen LogP contribution in [0.1, 0.15) is 55.8 Å². The highest BCUT2D eigenvalue weighted by Crippen LogP contribution is 2.28. The molecule has 0 aromatic heterocycles. The zero-order chi connectivity index (χ0) is 23.2. The normalized spacial score (nSPS) is 18.8. The topological polar surface area (TPSA) is 87.7 Å². The van der Waals surface area contributed by atoms with Crippen molar-refractivity contribution in [1.29, 1.82) is 0 Å². The highest BCUT2D eigenvalue weighted by molar-refractivity contribution is 6.07. The van der Waals surface area contributed by atoms with Crippen LogP contribution in [0.4, 0.5) is 11.4 Å². The van der Waals surface area contributed by atoms with E-state index in [4.69, 9.17) is 4.74 Å². The van der Waals surface area contributed by atoms with Gasteiger partial charge in [0.15, 0.2) is 0 Å². The fourth-order valence-corrected chi connectivity index (χ4v) is 4.56. The molecular weight excluding hydrogens is 418 g/mol. The molecule has 2 N–H and O–H groups in total. The van der Waals surface area contributed by atoms with Crippen molar-refractivity contribution in [3.05, 3.63) is 54.1 Å². The Morgan fingerprint density at radius 3 is 2.48 bits per heavy atom. The lowest BCUT2D eigenvalue weighted by atomic mass is 9.95. The minimum Gasteiger partial charge on any atom is -0.494 e. The van der Waals surface area contributed by atoms with E-state index < -0.39 is 5.92 Å². The Balaban J connectivity index is 1.40. The molecule has 0 radical (unpaired) electrons. The number of carbonyl (C=O) groups is 3. The molecule has 4 rings (SSSR count). The van der Waals surface area contributed by atoms with Crippen LogP contribution in [0.25, 0.3) is 0 Å². The van der Waals surface area contributed by atoms with Crippen LogP contribution in [0.5, 0.6) is 5.75 Å². The van der Waals surface area contributed by atoms with Crippen LogP contribution < -0.4 is 20.3 Å². The first-order valence-electron chi connectivity index (χ1n) is 11.8. The number of benzene rings is 2. The van der Waals surface area contributed by atoms with Gasteiger partial charge in [0.1, 0.15) is 5.75 Å². The summed E-state index contributed by atoms with van der Waals surface area (Å²) < 4.78 is 5.45. The monoisotopic (exact) mass is 449 g/mol. The molecule has 2 aromatic rings. The summed E-state index contributed by atoms with van der Waals surface area (Å²) in [5.41, 5.74) is 1.66. The minimum absolute atomic E-state index is 0.0948. The molecule has 1 heterocycles. The minimum atomic E-state index is -0.487. The van der Waals surface area contributed by atoms with Gasteiger partial charge in [0.25, 0.3) is 5.91 Å². The molecule has 0 bridgehead atoms. The Bertz CT molecular complexity index is 999. The molecule has 7 nitrogen and oxygen atoms in total. The zero-order valence-corrected chi connectivity index (χ0v) is 19.0. The Morgan fingerprint density at radius 1 is 1.03 bits per heavy atom.